The number of hydrogen-bond acceptors (Lipinski definition) is 4. The van der Waals surface area contributed by atoms with Crippen molar-refractivity contribution in [3.8, 4) is 0 Å². The second kappa shape index (κ2) is 7.12. The van der Waals surface area contributed by atoms with Gasteiger partial charge < -0.3 is 20.9 Å². The van der Waals surface area contributed by atoms with E-state index in [-0.39, 0.29) is 11.8 Å². The number of aromatic amines is 1. The summed E-state index contributed by atoms with van der Waals surface area (Å²) < 4.78 is 0. The third-order valence-corrected chi connectivity index (χ3v) is 3.53. The summed E-state index contributed by atoms with van der Waals surface area (Å²) in [6, 6.07) is 1.65. The van der Waals surface area contributed by atoms with Crippen LogP contribution >= 0.6 is 0 Å². The number of piperazine rings is 1. The number of amides is 2. The third-order valence-electron chi connectivity index (χ3n) is 3.53. The Kier molecular flexibility index (Phi) is 5.21. The molecule has 1 fully saturated rings. The molecule has 1 aliphatic heterocycles. The van der Waals surface area contributed by atoms with Crippen molar-refractivity contribution in [2.45, 2.75) is 13.3 Å². The van der Waals surface area contributed by atoms with E-state index < -0.39 is 0 Å². The lowest BCUT2D eigenvalue weighted by molar-refractivity contribution is -0.122. The van der Waals surface area contributed by atoms with Gasteiger partial charge in [-0.25, -0.2) is 0 Å². The van der Waals surface area contributed by atoms with Gasteiger partial charge in [-0.3, -0.25) is 14.5 Å². The maximum absolute atomic E-state index is 12.2. The lowest BCUT2D eigenvalue weighted by Gasteiger charge is -2.34. The highest BCUT2D eigenvalue weighted by molar-refractivity contribution is 5.93. The van der Waals surface area contributed by atoms with Gasteiger partial charge in [0.25, 0.3) is 5.91 Å². The lowest BCUT2D eigenvalue weighted by atomic mass is 10.2. The molecule has 21 heavy (non-hydrogen) atoms. The van der Waals surface area contributed by atoms with Crippen molar-refractivity contribution < 1.29 is 9.59 Å². The van der Waals surface area contributed by atoms with Crippen LogP contribution < -0.4 is 11.1 Å². The first kappa shape index (κ1) is 15.4. The Morgan fingerprint density at radius 1 is 1.33 bits per heavy atom. The molecule has 0 aliphatic carbocycles. The molecule has 0 radical (unpaired) electrons. The molecule has 0 aromatic carbocycles. The largest absolute Gasteiger partial charge is 0.397 e. The molecule has 2 rings (SSSR count). The van der Waals surface area contributed by atoms with Gasteiger partial charge >= 0.3 is 0 Å². The first-order valence-corrected chi connectivity index (χ1v) is 7.32. The van der Waals surface area contributed by atoms with Gasteiger partial charge in [0.1, 0.15) is 5.69 Å². The fourth-order valence-corrected chi connectivity index (χ4v) is 2.34. The molecule has 116 valence electrons. The summed E-state index contributed by atoms with van der Waals surface area (Å²) in [6.07, 6.45) is 2.55. The van der Waals surface area contributed by atoms with E-state index in [1.54, 1.807) is 17.2 Å². The zero-order valence-corrected chi connectivity index (χ0v) is 12.4. The summed E-state index contributed by atoms with van der Waals surface area (Å²) in [4.78, 5) is 30.6. The van der Waals surface area contributed by atoms with E-state index in [1.807, 2.05) is 6.92 Å². The number of nitrogens with one attached hydrogen (secondary N) is 2. The van der Waals surface area contributed by atoms with Gasteiger partial charge in [0.05, 0.1) is 6.54 Å². The van der Waals surface area contributed by atoms with E-state index in [9.17, 15) is 9.59 Å². The number of anilines is 1. The van der Waals surface area contributed by atoms with Crippen LogP contribution in [0.25, 0.3) is 0 Å². The van der Waals surface area contributed by atoms with Gasteiger partial charge in [0.15, 0.2) is 0 Å². The monoisotopic (exact) mass is 293 g/mol. The Morgan fingerprint density at radius 3 is 2.62 bits per heavy atom. The Bertz CT molecular complexity index is 491. The summed E-state index contributed by atoms with van der Waals surface area (Å²) >= 11 is 0. The summed E-state index contributed by atoms with van der Waals surface area (Å²) in [7, 11) is 0. The van der Waals surface area contributed by atoms with Crippen LogP contribution in [-0.2, 0) is 4.79 Å². The summed E-state index contributed by atoms with van der Waals surface area (Å²) in [5.41, 5.74) is 6.68. The number of rotatable bonds is 5. The van der Waals surface area contributed by atoms with Gasteiger partial charge in [0.2, 0.25) is 5.91 Å². The number of carbonyl (C=O) groups is 2. The zero-order chi connectivity index (χ0) is 15.2. The molecule has 1 aromatic heterocycles. The fraction of sp³-hybridized carbons (Fsp3) is 0.571. The van der Waals surface area contributed by atoms with Crippen LogP contribution in [0.2, 0.25) is 0 Å². The van der Waals surface area contributed by atoms with Crippen molar-refractivity contribution in [2.75, 3.05) is 45.0 Å². The Balaban J connectivity index is 1.78. The van der Waals surface area contributed by atoms with Crippen LogP contribution in [0.5, 0.6) is 0 Å². The topological polar surface area (TPSA) is 94.5 Å². The highest BCUT2D eigenvalue weighted by Gasteiger charge is 2.23. The molecular weight excluding hydrogens is 270 g/mol. The van der Waals surface area contributed by atoms with Crippen LogP contribution in [0.3, 0.4) is 0 Å². The van der Waals surface area contributed by atoms with Crippen LogP contribution in [0.1, 0.15) is 23.8 Å². The van der Waals surface area contributed by atoms with Crippen molar-refractivity contribution in [2.24, 2.45) is 0 Å². The van der Waals surface area contributed by atoms with Crippen molar-refractivity contribution in [1.82, 2.24) is 20.1 Å². The van der Waals surface area contributed by atoms with Gasteiger partial charge in [-0.2, -0.15) is 0 Å². The van der Waals surface area contributed by atoms with E-state index in [1.165, 1.54) is 0 Å². The fourth-order valence-electron chi connectivity index (χ4n) is 2.34. The number of carbonyl (C=O) groups excluding carboxylic acids is 2. The van der Waals surface area contributed by atoms with Crippen LogP contribution in [0, 0.1) is 0 Å². The van der Waals surface area contributed by atoms with E-state index in [0.717, 1.165) is 6.42 Å². The van der Waals surface area contributed by atoms with Crippen LogP contribution in [0.4, 0.5) is 5.69 Å². The molecular formula is C14H23N5O2. The van der Waals surface area contributed by atoms with E-state index in [0.29, 0.717) is 50.6 Å². The van der Waals surface area contributed by atoms with Crippen LogP contribution in [0.15, 0.2) is 12.3 Å². The predicted molar refractivity (Wildman–Crippen MR) is 80.8 cm³/mol. The Labute approximate surface area is 124 Å². The van der Waals surface area contributed by atoms with Crippen molar-refractivity contribution in [3.63, 3.8) is 0 Å². The Morgan fingerprint density at radius 2 is 2.05 bits per heavy atom. The molecule has 1 aromatic rings. The molecule has 4 N–H and O–H groups in total. The smallest absolute Gasteiger partial charge is 0.270 e. The van der Waals surface area contributed by atoms with Gasteiger partial charge in [-0.15, -0.1) is 0 Å². The molecule has 0 spiro atoms. The number of H-pyrrole nitrogens is 1. The highest BCUT2D eigenvalue weighted by atomic mass is 16.2. The molecule has 2 amide bonds. The molecule has 0 atom stereocenters. The quantitative estimate of drug-likeness (QED) is 0.705. The number of nitrogens with two attached hydrogens (primary N) is 1. The van der Waals surface area contributed by atoms with E-state index in [4.69, 9.17) is 5.73 Å². The minimum atomic E-state index is -0.0400. The van der Waals surface area contributed by atoms with Gasteiger partial charge in [0, 0.05) is 44.6 Å². The van der Waals surface area contributed by atoms with Crippen molar-refractivity contribution >= 4 is 17.5 Å². The third kappa shape index (κ3) is 4.22. The standard InChI is InChI=1S/C14H23N5O2/c1-2-3-16-13(20)10-18-4-6-19(7-5-18)14(21)12-8-11(15)9-17-12/h8-9,17H,2-7,10,15H2,1H3,(H,16,20). The second-order valence-corrected chi connectivity index (χ2v) is 5.26. The minimum Gasteiger partial charge on any atom is -0.397 e. The SMILES string of the molecule is CCCNC(=O)CN1CCN(C(=O)c2cc(N)c[nH]2)CC1. The molecule has 0 saturated carbocycles. The molecule has 2 heterocycles. The molecule has 1 aliphatic rings. The lowest BCUT2D eigenvalue weighted by Crippen LogP contribution is -2.51. The average Bonchev–Trinajstić information content (AvgIpc) is 2.92. The molecule has 1 saturated heterocycles. The molecule has 7 heteroatoms. The molecule has 0 bridgehead atoms. The van der Waals surface area contributed by atoms with Gasteiger partial charge in [-0.1, -0.05) is 6.92 Å². The van der Waals surface area contributed by atoms with Crippen LogP contribution in [-0.4, -0.2) is 65.9 Å². The number of nitrogens with zero attached hydrogens (tertiary/aromatic N) is 2. The van der Waals surface area contributed by atoms with E-state index in [2.05, 4.69) is 15.2 Å². The van der Waals surface area contributed by atoms with Gasteiger partial charge in [-0.05, 0) is 12.5 Å². The number of nitrogen functional groups attached to an aromatic ring is 1. The Hall–Kier alpha value is -2.02. The van der Waals surface area contributed by atoms with E-state index >= 15 is 0 Å². The second-order valence-electron chi connectivity index (χ2n) is 5.26. The highest BCUT2D eigenvalue weighted by Crippen LogP contribution is 2.10. The average molecular weight is 293 g/mol. The van der Waals surface area contributed by atoms with Crippen molar-refractivity contribution in [3.05, 3.63) is 18.0 Å². The maximum atomic E-state index is 12.2. The zero-order valence-electron chi connectivity index (χ0n) is 12.4. The maximum Gasteiger partial charge on any atom is 0.270 e. The van der Waals surface area contributed by atoms with Crippen molar-refractivity contribution in [1.29, 1.82) is 0 Å². The summed E-state index contributed by atoms with van der Waals surface area (Å²) in [5.74, 6) is 0.00977. The normalized spacial score (nSPS) is 16.0. The number of hydrogen-bond donors (Lipinski definition) is 3. The predicted octanol–water partition coefficient (Wildman–Crippen LogP) is -0.119. The molecule has 7 nitrogen and oxygen atoms in total. The summed E-state index contributed by atoms with van der Waals surface area (Å²) in [5, 5.41) is 2.86. The summed E-state index contributed by atoms with van der Waals surface area (Å²) in [6.45, 7) is 5.81. The first-order valence-electron chi connectivity index (χ1n) is 7.32. The number of aromatic nitrogens is 1. The minimum absolute atomic E-state index is 0.0400. The first-order chi connectivity index (χ1) is 10.1. The molecule has 0 unspecified atom stereocenters.